The molecule has 0 unspecified atom stereocenters. The van der Waals surface area contributed by atoms with Gasteiger partial charge in [-0.1, -0.05) is 6.07 Å². The normalized spacial score (nSPS) is 11.4. The second kappa shape index (κ2) is 7.06. The summed E-state index contributed by atoms with van der Waals surface area (Å²) in [6.45, 7) is 2.17. The summed E-state index contributed by atoms with van der Waals surface area (Å²) >= 11 is 0. The lowest BCUT2D eigenvalue weighted by molar-refractivity contribution is -0.144. The second-order valence-electron chi connectivity index (χ2n) is 5.56. The third-order valence-electron chi connectivity index (χ3n) is 3.57. The molecule has 0 spiro atoms. The van der Waals surface area contributed by atoms with Crippen LogP contribution < -0.4 is 10.6 Å². The molecule has 7 nitrogen and oxygen atoms in total. The lowest BCUT2D eigenvalue weighted by Crippen LogP contribution is -2.17. The standard InChI is InChI=1S/C16H13F4N7/c1-9-7-13(27-15(24-9)25-14(26-27)16(18,19)20)23-6-5-22-12-4-2-3-11(17)10(12)8-21/h2-4,7,22-23H,5-6H2,1H3. The zero-order valence-corrected chi connectivity index (χ0v) is 14.0. The lowest BCUT2D eigenvalue weighted by atomic mass is 10.2. The number of nitrogens with one attached hydrogen (secondary N) is 2. The Balaban J connectivity index is 1.73. The molecule has 27 heavy (non-hydrogen) atoms. The smallest absolute Gasteiger partial charge is 0.382 e. The van der Waals surface area contributed by atoms with Crippen LogP contribution in [0.1, 0.15) is 17.1 Å². The number of hydrogen-bond donors (Lipinski definition) is 2. The molecule has 1 aromatic carbocycles. The van der Waals surface area contributed by atoms with Gasteiger partial charge in [-0.2, -0.15) is 27.9 Å². The van der Waals surface area contributed by atoms with Gasteiger partial charge >= 0.3 is 6.18 Å². The fraction of sp³-hybridized carbons (Fsp3) is 0.250. The molecular formula is C16H13F4N7. The van der Waals surface area contributed by atoms with E-state index in [1.807, 2.05) is 0 Å². The van der Waals surface area contributed by atoms with Crippen LogP contribution in [0.25, 0.3) is 5.78 Å². The predicted molar refractivity (Wildman–Crippen MR) is 88.6 cm³/mol. The van der Waals surface area contributed by atoms with Gasteiger partial charge in [0, 0.05) is 24.8 Å². The fourth-order valence-corrected chi connectivity index (χ4v) is 2.41. The van der Waals surface area contributed by atoms with E-state index in [1.165, 1.54) is 18.2 Å². The summed E-state index contributed by atoms with van der Waals surface area (Å²) in [5, 5.41) is 18.3. The molecule has 2 aromatic heterocycles. The van der Waals surface area contributed by atoms with Gasteiger partial charge in [0.1, 0.15) is 23.3 Å². The van der Waals surface area contributed by atoms with Gasteiger partial charge in [-0.15, -0.1) is 5.10 Å². The Morgan fingerprint density at radius 1 is 1.19 bits per heavy atom. The predicted octanol–water partition coefficient (Wildman–Crippen LogP) is 2.99. The van der Waals surface area contributed by atoms with Crippen LogP contribution in [0.15, 0.2) is 24.3 Å². The van der Waals surface area contributed by atoms with Crippen LogP contribution >= 0.6 is 0 Å². The van der Waals surface area contributed by atoms with Crippen molar-refractivity contribution in [1.29, 1.82) is 5.26 Å². The molecule has 0 saturated carbocycles. The number of nitrogens with zero attached hydrogens (tertiary/aromatic N) is 5. The highest BCUT2D eigenvalue weighted by atomic mass is 19.4. The minimum atomic E-state index is -4.68. The Hall–Kier alpha value is -3.42. The van der Waals surface area contributed by atoms with E-state index in [0.717, 1.165) is 4.52 Å². The van der Waals surface area contributed by atoms with Gasteiger partial charge in [-0.3, -0.25) is 0 Å². The third-order valence-corrected chi connectivity index (χ3v) is 3.57. The first-order valence-corrected chi connectivity index (χ1v) is 7.77. The van der Waals surface area contributed by atoms with E-state index in [-0.39, 0.29) is 30.2 Å². The molecule has 3 rings (SSSR count). The highest BCUT2D eigenvalue weighted by Crippen LogP contribution is 2.27. The molecular weight excluding hydrogens is 366 g/mol. The van der Waals surface area contributed by atoms with E-state index in [4.69, 9.17) is 5.26 Å². The average Bonchev–Trinajstić information content (AvgIpc) is 3.03. The lowest BCUT2D eigenvalue weighted by Gasteiger charge is -2.11. The van der Waals surface area contributed by atoms with Crippen molar-refractivity contribution in [3.63, 3.8) is 0 Å². The maximum atomic E-state index is 13.5. The van der Waals surface area contributed by atoms with Gasteiger partial charge in [0.25, 0.3) is 11.6 Å². The maximum absolute atomic E-state index is 13.5. The summed E-state index contributed by atoms with van der Waals surface area (Å²) in [6.07, 6.45) is -4.68. The van der Waals surface area contributed by atoms with E-state index in [1.54, 1.807) is 19.1 Å². The Labute approximate surface area is 150 Å². The number of fused-ring (bicyclic) bond motifs is 1. The molecule has 0 fully saturated rings. The van der Waals surface area contributed by atoms with Gasteiger partial charge in [0.05, 0.1) is 5.69 Å². The SMILES string of the molecule is Cc1cc(NCCNc2cccc(F)c2C#N)n2nc(C(F)(F)F)nc2n1. The van der Waals surface area contributed by atoms with Gasteiger partial charge in [-0.05, 0) is 19.1 Å². The minimum Gasteiger partial charge on any atom is -0.382 e. The van der Waals surface area contributed by atoms with Crippen molar-refractivity contribution in [2.75, 3.05) is 23.7 Å². The third kappa shape index (κ3) is 3.89. The molecule has 2 N–H and O–H groups in total. The average molecular weight is 379 g/mol. The number of aromatic nitrogens is 4. The van der Waals surface area contributed by atoms with Crippen LogP contribution in [-0.2, 0) is 6.18 Å². The number of nitriles is 1. The first-order valence-electron chi connectivity index (χ1n) is 7.77. The summed E-state index contributed by atoms with van der Waals surface area (Å²) in [5.41, 5.74) is 0.692. The van der Waals surface area contributed by atoms with Crippen LogP contribution in [-0.4, -0.2) is 32.7 Å². The molecule has 0 saturated heterocycles. The summed E-state index contributed by atoms with van der Waals surface area (Å²) in [6, 6.07) is 7.52. The van der Waals surface area contributed by atoms with E-state index in [2.05, 4.69) is 25.7 Å². The van der Waals surface area contributed by atoms with Crippen molar-refractivity contribution in [3.8, 4) is 6.07 Å². The Kier molecular flexibility index (Phi) is 4.81. The van der Waals surface area contributed by atoms with E-state index in [9.17, 15) is 17.6 Å². The molecule has 0 aliphatic heterocycles. The Bertz CT molecular complexity index is 1020. The van der Waals surface area contributed by atoms with E-state index in [0.29, 0.717) is 11.4 Å². The minimum absolute atomic E-state index is 0.106. The largest absolute Gasteiger partial charge is 0.453 e. The van der Waals surface area contributed by atoms with Crippen molar-refractivity contribution in [1.82, 2.24) is 19.6 Å². The zero-order valence-electron chi connectivity index (χ0n) is 14.0. The van der Waals surface area contributed by atoms with E-state index < -0.39 is 17.8 Å². The molecule has 0 atom stereocenters. The first-order chi connectivity index (χ1) is 12.8. The molecule has 3 aromatic rings. The fourth-order valence-electron chi connectivity index (χ4n) is 2.41. The highest BCUT2D eigenvalue weighted by Gasteiger charge is 2.36. The number of rotatable bonds is 5. The van der Waals surface area contributed by atoms with Crippen molar-refractivity contribution in [2.24, 2.45) is 0 Å². The van der Waals surface area contributed by atoms with Crippen molar-refractivity contribution < 1.29 is 17.6 Å². The summed E-state index contributed by atoms with van der Waals surface area (Å²) < 4.78 is 52.9. The van der Waals surface area contributed by atoms with Crippen molar-refractivity contribution in [3.05, 3.63) is 47.2 Å². The summed E-state index contributed by atoms with van der Waals surface area (Å²) in [5.74, 6) is -1.80. The molecule has 0 bridgehead atoms. The van der Waals surface area contributed by atoms with Gasteiger partial charge in [-0.25, -0.2) is 9.37 Å². The molecule has 0 aliphatic carbocycles. The van der Waals surface area contributed by atoms with Crippen molar-refractivity contribution >= 4 is 17.3 Å². The summed E-state index contributed by atoms with van der Waals surface area (Å²) in [4.78, 5) is 7.33. The number of aryl methyl sites for hydroxylation is 1. The van der Waals surface area contributed by atoms with Gasteiger partial charge < -0.3 is 10.6 Å². The van der Waals surface area contributed by atoms with Crippen LogP contribution in [0.5, 0.6) is 0 Å². The number of benzene rings is 1. The quantitative estimate of drug-likeness (QED) is 0.523. The molecule has 0 radical (unpaired) electrons. The number of anilines is 2. The maximum Gasteiger partial charge on any atom is 0.453 e. The Morgan fingerprint density at radius 2 is 1.93 bits per heavy atom. The zero-order chi connectivity index (χ0) is 19.6. The van der Waals surface area contributed by atoms with E-state index >= 15 is 0 Å². The molecule has 11 heteroatoms. The number of alkyl halides is 3. The van der Waals surface area contributed by atoms with Gasteiger partial charge in [0.2, 0.25) is 0 Å². The molecule has 140 valence electrons. The highest BCUT2D eigenvalue weighted by molar-refractivity contribution is 5.58. The molecule has 0 aliphatic rings. The molecule has 2 heterocycles. The molecule has 0 amide bonds. The van der Waals surface area contributed by atoms with Crippen LogP contribution in [0.2, 0.25) is 0 Å². The van der Waals surface area contributed by atoms with Crippen molar-refractivity contribution in [2.45, 2.75) is 13.1 Å². The second-order valence-corrected chi connectivity index (χ2v) is 5.56. The van der Waals surface area contributed by atoms with Gasteiger partial charge in [0.15, 0.2) is 0 Å². The Morgan fingerprint density at radius 3 is 2.63 bits per heavy atom. The number of hydrogen-bond acceptors (Lipinski definition) is 6. The monoisotopic (exact) mass is 379 g/mol. The summed E-state index contributed by atoms with van der Waals surface area (Å²) in [7, 11) is 0. The van der Waals surface area contributed by atoms with Crippen LogP contribution in [0.4, 0.5) is 29.1 Å². The first kappa shape index (κ1) is 18.4. The topological polar surface area (TPSA) is 90.9 Å². The van der Waals surface area contributed by atoms with Crippen LogP contribution in [0, 0.1) is 24.1 Å². The van der Waals surface area contributed by atoms with Crippen LogP contribution in [0.3, 0.4) is 0 Å². The number of halogens is 4.